The Morgan fingerprint density at radius 1 is 1.17 bits per heavy atom. The van der Waals surface area contributed by atoms with Crippen LogP contribution in [0.1, 0.15) is 23.6 Å². The number of nitrogens with zero attached hydrogens (tertiary/aromatic N) is 1. The molecule has 8 heteroatoms. The second-order valence-corrected chi connectivity index (χ2v) is 7.77. The predicted molar refractivity (Wildman–Crippen MR) is 116 cm³/mol. The molecule has 0 saturated carbocycles. The third kappa shape index (κ3) is 7.02. The van der Waals surface area contributed by atoms with Crippen molar-refractivity contribution in [1.82, 2.24) is 15.5 Å². The molecule has 30 heavy (non-hydrogen) atoms. The van der Waals surface area contributed by atoms with Crippen molar-refractivity contribution >= 4 is 23.5 Å². The van der Waals surface area contributed by atoms with Gasteiger partial charge >= 0.3 is 6.03 Å². The number of hydrogen-bond acceptors (Lipinski definition) is 4. The SMILES string of the molecule is NC(=O)NC(CC(=O)NCC1CN(Cc2ccccc2)CCO1)c1ccc(Cl)cc1. The zero-order valence-corrected chi connectivity index (χ0v) is 17.5. The van der Waals surface area contributed by atoms with E-state index in [-0.39, 0.29) is 18.4 Å². The van der Waals surface area contributed by atoms with Crippen LogP contribution in [0.3, 0.4) is 0 Å². The molecule has 7 nitrogen and oxygen atoms in total. The maximum absolute atomic E-state index is 12.5. The second kappa shape index (κ2) is 11.0. The Labute approximate surface area is 181 Å². The molecular weight excluding hydrogens is 404 g/mol. The fourth-order valence-electron chi connectivity index (χ4n) is 3.49. The number of nitrogens with two attached hydrogens (primary N) is 1. The van der Waals surface area contributed by atoms with Crippen molar-refractivity contribution in [2.45, 2.75) is 25.1 Å². The Hall–Kier alpha value is -2.61. The van der Waals surface area contributed by atoms with Crippen LogP contribution in [0.5, 0.6) is 0 Å². The minimum atomic E-state index is -0.685. The summed E-state index contributed by atoms with van der Waals surface area (Å²) in [5.41, 5.74) is 7.29. The normalized spacial score (nSPS) is 17.8. The van der Waals surface area contributed by atoms with Crippen molar-refractivity contribution in [2.24, 2.45) is 5.73 Å². The van der Waals surface area contributed by atoms with E-state index in [0.717, 1.165) is 25.2 Å². The minimum absolute atomic E-state index is 0.0744. The summed E-state index contributed by atoms with van der Waals surface area (Å²) < 4.78 is 5.80. The molecule has 2 atom stereocenters. The average molecular weight is 431 g/mol. The molecule has 0 radical (unpaired) electrons. The van der Waals surface area contributed by atoms with Crippen molar-refractivity contribution in [3.05, 3.63) is 70.7 Å². The molecular formula is C22H27ClN4O3. The van der Waals surface area contributed by atoms with E-state index in [2.05, 4.69) is 27.7 Å². The Morgan fingerprint density at radius 3 is 2.60 bits per heavy atom. The predicted octanol–water partition coefficient (Wildman–Crippen LogP) is 2.46. The fourth-order valence-corrected chi connectivity index (χ4v) is 3.62. The quantitative estimate of drug-likeness (QED) is 0.599. The van der Waals surface area contributed by atoms with Gasteiger partial charge in [0, 0.05) is 31.2 Å². The molecule has 3 rings (SSSR count). The number of primary amides is 1. The lowest BCUT2D eigenvalue weighted by molar-refractivity contribution is -0.122. The van der Waals surface area contributed by atoms with Crippen LogP contribution in [0.4, 0.5) is 4.79 Å². The van der Waals surface area contributed by atoms with Crippen LogP contribution in [0.2, 0.25) is 5.02 Å². The van der Waals surface area contributed by atoms with Crippen LogP contribution in [0, 0.1) is 0 Å². The number of morpholine rings is 1. The number of hydrogen-bond donors (Lipinski definition) is 3. The highest BCUT2D eigenvalue weighted by atomic mass is 35.5. The monoisotopic (exact) mass is 430 g/mol. The largest absolute Gasteiger partial charge is 0.374 e. The number of amides is 3. The average Bonchev–Trinajstić information content (AvgIpc) is 2.73. The van der Waals surface area contributed by atoms with Crippen LogP contribution in [-0.4, -0.2) is 49.2 Å². The van der Waals surface area contributed by atoms with Gasteiger partial charge in [0.2, 0.25) is 5.91 Å². The Kier molecular flexibility index (Phi) is 8.07. The highest BCUT2D eigenvalue weighted by Gasteiger charge is 2.22. The van der Waals surface area contributed by atoms with Gasteiger partial charge in [0.15, 0.2) is 0 Å². The lowest BCUT2D eigenvalue weighted by Crippen LogP contribution is -2.47. The van der Waals surface area contributed by atoms with Gasteiger partial charge in [-0.25, -0.2) is 4.79 Å². The number of urea groups is 1. The lowest BCUT2D eigenvalue weighted by atomic mass is 10.0. The van der Waals surface area contributed by atoms with E-state index in [1.807, 2.05) is 18.2 Å². The van der Waals surface area contributed by atoms with Crippen LogP contribution in [0.15, 0.2) is 54.6 Å². The number of benzene rings is 2. The zero-order chi connectivity index (χ0) is 21.3. The zero-order valence-electron chi connectivity index (χ0n) is 16.7. The van der Waals surface area contributed by atoms with Crippen LogP contribution in [-0.2, 0) is 16.1 Å². The molecule has 2 unspecified atom stereocenters. The summed E-state index contributed by atoms with van der Waals surface area (Å²) in [6, 6.07) is 16.0. The molecule has 0 spiro atoms. The standard InChI is InChI=1S/C22H27ClN4O3/c23-18-8-6-17(7-9-18)20(26-22(24)29)12-21(28)25-13-19-15-27(10-11-30-19)14-16-4-2-1-3-5-16/h1-9,19-20H,10-15H2,(H,25,28)(H3,24,26,29). The highest BCUT2D eigenvalue weighted by Crippen LogP contribution is 2.19. The molecule has 0 aromatic heterocycles. The maximum Gasteiger partial charge on any atom is 0.312 e. The third-order valence-electron chi connectivity index (χ3n) is 4.98. The van der Waals surface area contributed by atoms with Gasteiger partial charge in [0.1, 0.15) is 0 Å². The molecule has 1 saturated heterocycles. The van der Waals surface area contributed by atoms with Crippen molar-refractivity contribution in [3.8, 4) is 0 Å². The number of rotatable bonds is 8. The molecule has 3 amide bonds. The van der Waals surface area contributed by atoms with E-state index < -0.39 is 12.1 Å². The van der Waals surface area contributed by atoms with E-state index in [0.29, 0.717) is 18.2 Å². The summed E-state index contributed by atoms with van der Waals surface area (Å²) in [5, 5.41) is 6.11. The third-order valence-corrected chi connectivity index (χ3v) is 5.23. The molecule has 0 bridgehead atoms. The van der Waals surface area contributed by atoms with Gasteiger partial charge < -0.3 is 21.1 Å². The number of carbonyl (C=O) groups excluding carboxylic acids is 2. The van der Waals surface area contributed by atoms with Gasteiger partial charge in [-0.3, -0.25) is 9.69 Å². The summed E-state index contributed by atoms with van der Waals surface area (Å²) in [6.07, 6.45) is -0.00475. The number of halogens is 1. The van der Waals surface area contributed by atoms with Gasteiger partial charge in [-0.15, -0.1) is 0 Å². The molecule has 160 valence electrons. The molecule has 1 heterocycles. The van der Waals surface area contributed by atoms with Crippen molar-refractivity contribution in [1.29, 1.82) is 0 Å². The molecule has 1 fully saturated rings. The first-order valence-electron chi connectivity index (χ1n) is 9.95. The molecule has 4 N–H and O–H groups in total. The lowest BCUT2D eigenvalue weighted by Gasteiger charge is -2.33. The maximum atomic E-state index is 12.5. The van der Waals surface area contributed by atoms with Crippen molar-refractivity contribution in [3.63, 3.8) is 0 Å². The molecule has 1 aliphatic rings. The Morgan fingerprint density at radius 2 is 1.90 bits per heavy atom. The van der Waals surface area contributed by atoms with Gasteiger partial charge in [-0.05, 0) is 23.3 Å². The van der Waals surface area contributed by atoms with Gasteiger partial charge in [0.25, 0.3) is 0 Å². The summed E-state index contributed by atoms with van der Waals surface area (Å²) in [4.78, 5) is 26.2. The Bertz CT molecular complexity index is 832. The molecule has 2 aromatic carbocycles. The van der Waals surface area contributed by atoms with E-state index in [4.69, 9.17) is 22.1 Å². The minimum Gasteiger partial charge on any atom is -0.374 e. The molecule has 1 aliphatic heterocycles. The topological polar surface area (TPSA) is 96.7 Å². The van der Waals surface area contributed by atoms with Gasteiger partial charge in [-0.1, -0.05) is 54.1 Å². The summed E-state index contributed by atoms with van der Waals surface area (Å²) in [7, 11) is 0. The van der Waals surface area contributed by atoms with Crippen LogP contribution < -0.4 is 16.4 Å². The first kappa shape index (κ1) is 22.1. The van der Waals surface area contributed by atoms with E-state index in [1.165, 1.54) is 5.56 Å². The number of ether oxygens (including phenoxy) is 1. The van der Waals surface area contributed by atoms with Crippen molar-refractivity contribution < 1.29 is 14.3 Å². The first-order valence-corrected chi connectivity index (χ1v) is 10.3. The summed E-state index contributed by atoms with van der Waals surface area (Å²) in [6.45, 7) is 3.50. The van der Waals surface area contributed by atoms with Crippen molar-refractivity contribution in [2.75, 3.05) is 26.2 Å². The van der Waals surface area contributed by atoms with E-state index in [9.17, 15) is 9.59 Å². The first-order chi connectivity index (χ1) is 14.5. The van der Waals surface area contributed by atoms with Gasteiger partial charge in [-0.2, -0.15) is 0 Å². The van der Waals surface area contributed by atoms with E-state index in [1.54, 1.807) is 24.3 Å². The highest BCUT2D eigenvalue weighted by molar-refractivity contribution is 6.30. The van der Waals surface area contributed by atoms with Gasteiger partial charge in [0.05, 0.1) is 25.2 Å². The van der Waals surface area contributed by atoms with Crippen LogP contribution in [0.25, 0.3) is 0 Å². The smallest absolute Gasteiger partial charge is 0.312 e. The second-order valence-electron chi connectivity index (χ2n) is 7.33. The van der Waals surface area contributed by atoms with Crippen LogP contribution >= 0.6 is 11.6 Å². The van der Waals surface area contributed by atoms with E-state index >= 15 is 0 Å². The molecule has 2 aromatic rings. The molecule has 0 aliphatic carbocycles. The number of nitrogens with one attached hydrogen (secondary N) is 2. The summed E-state index contributed by atoms with van der Waals surface area (Å²) in [5.74, 6) is -0.188. The Balaban J connectivity index is 1.49. The fraction of sp³-hybridized carbons (Fsp3) is 0.364. The number of carbonyl (C=O) groups is 2. The summed E-state index contributed by atoms with van der Waals surface area (Å²) >= 11 is 5.92.